The highest BCUT2D eigenvalue weighted by atomic mass is 35.5. The Morgan fingerprint density at radius 3 is 2.57 bits per heavy atom. The van der Waals surface area contributed by atoms with Crippen molar-refractivity contribution in [3.05, 3.63) is 89.2 Å². The molecule has 0 fully saturated rings. The van der Waals surface area contributed by atoms with Crippen LogP contribution in [0.3, 0.4) is 0 Å². The molecule has 3 rings (SSSR count). The van der Waals surface area contributed by atoms with Gasteiger partial charge in [-0.15, -0.1) is 0 Å². The van der Waals surface area contributed by atoms with Gasteiger partial charge >= 0.3 is 0 Å². The lowest BCUT2D eigenvalue weighted by molar-refractivity contribution is 0.0950. The Bertz CT molecular complexity index is 1090. The largest absolute Gasteiger partial charge is 0.346 e. The molecule has 0 atom stereocenters. The van der Waals surface area contributed by atoms with Crippen LogP contribution in [0.15, 0.2) is 77.8 Å². The number of hydrogen-bond donors (Lipinski definition) is 1. The Labute approximate surface area is 168 Å². The van der Waals surface area contributed by atoms with Crippen LogP contribution in [-0.4, -0.2) is 26.4 Å². The van der Waals surface area contributed by atoms with E-state index in [2.05, 4.69) is 10.3 Å². The number of pyridine rings is 1. The normalized spacial score (nSPS) is 11.1. The van der Waals surface area contributed by atoms with Crippen molar-refractivity contribution in [2.45, 2.75) is 11.4 Å². The third kappa shape index (κ3) is 4.49. The number of nitrogens with one attached hydrogen (secondary N) is 1. The standard InChI is InChI=1S/C20H18ClN3O3S/c1-24(18-9-5-7-16(21)13-18)28(26,27)19-10-4-6-15(12-19)20(25)23-14-17-8-2-3-11-22-17/h2-13H,14H2,1H3,(H,23,25). The second-order valence-electron chi connectivity index (χ2n) is 5.98. The minimum atomic E-state index is -3.85. The molecule has 2 aromatic carbocycles. The van der Waals surface area contributed by atoms with Gasteiger partial charge in [-0.3, -0.25) is 14.1 Å². The summed E-state index contributed by atoms with van der Waals surface area (Å²) in [5.41, 5.74) is 1.38. The fourth-order valence-corrected chi connectivity index (χ4v) is 3.96. The lowest BCUT2D eigenvalue weighted by Gasteiger charge is -2.20. The first-order valence-corrected chi connectivity index (χ1v) is 10.2. The molecule has 1 N–H and O–H groups in total. The Hall–Kier alpha value is -2.90. The number of nitrogens with zero attached hydrogens (tertiary/aromatic N) is 2. The van der Waals surface area contributed by atoms with Crippen LogP contribution in [-0.2, 0) is 16.6 Å². The van der Waals surface area contributed by atoms with Crippen LogP contribution in [0.1, 0.15) is 16.1 Å². The van der Waals surface area contributed by atoms with Crippen LogP contribution in [0.5, 0.6) is 0 Å². The summed E-state index contributed by atoms with van der Waals surface area (Å²) in [7, 11) is -2.41. The molecular formula is C20H18ClN3O3S. The molecule has 1 heterocycles. The lowest BCUT2D eigenvalue weighted by atomic mass is 10.2. The summed E-state index contributed by atoms with van der Waals surface area (Å²) in [6.07, 6.45) is 1.64. The summed E-state index contributed by atoms with van der Waals surface area (Å²) >= 11 is 5.96. The molecule has 1 aromatic heterocycles. The predicted molar refractivity (Wildman–Crippen MR) is 109 cm³/mol. The molecule has 28 heavy (non-hydrogen) atoms. The number of sulfonamides is 1. The van der Waals surface area contributed by atoms with E-state index < -0.39 is 10.0 Å². The molecule has 6 nitrogen and oxygen atoms in total. The summed E-state index contributed by atoms with van der Waals surface area (Å²) in [6.45, 7) is 0.249. The zero-order valence-corrected chi connectivity index (χ0v) is 16.6. The monoisotopic (exact) mass is 415 g/mol. The quantitative estimate of drug-likeness (QED) is 0.668. The van der Waals surface area contributed by atoms with Crippen molar-refractivity contribution in [1.82, 2.24) is 10.3 Å². The topological polar surface area (TPSA) is 79.4 Å². The van der Waals surface area contributed by atoms with E-state index in [4.69, 9.17) is 11.6 Å². The zero-order valence-electron chi connectivity index (χ0n) is 15.0. The summed E-state index contributed by atoms with van der Waals surface area (Å²) in [6, 6.07) is 17.8. The van der Waals surface area contributed by atoms with Crippen LogP contribution < -0.4 is 9.62 Å². The van der Waals surface area contributed by atoms with Crippen molar-refractivity contribution in [3.8, 4) is 0 Å². The molecule has 0 saturated heterocycles. The van der Waals surface area contributed by atoms with E-state index in [1.807, 2.05) is 6.07 Å². The fraction of sp³-hybridized carbons (Fsp3) is 0.100. The Balaban J connectivity index is 1.80. The number of benzene rings is 2. The van der Waals surface area contributed by atoms with Crippen LogP contribution in [0.25, 0.3) is 0 Å². The number of anilines is 1. The third-order valence-corrected chi connectivity index (χ3v) is 6.10. The third-order valence-electron chi connectivity index (χ3n) is 4.08. The molecule has 0 spiro atoms. The minimum Gasteiger partial charge on any atom is -0.346 e. The van der Waals surface area contributed by atoms with Crippen LogP contribution in [0.2, 0.25) is 5.02 Å². The van der Waals surface area contributed by atoms with Gasteiger partial charge in [0.15, 0.2) is 0 Å². The molecule has 0 aliphatic carbocycles. The highest BCUT2D eigenvalue weighted by Gasteiger charge is 2.22. The van der Waals surface area contributed by atoms with Gasteiger partial charge in [-0.2, -0.15) is 0 Å². The second kappa shape index (κ2) is 8.41. The second-order valence-corrected chi connectivity index (χ2v) is 8.39. The van der Waals surface area contributed by atoms with E-state index in [1.165, 1.54) is 25.2 Å². The van der Waals surface area contributed by atoms with Gasteiger partial charge in [0.05, 0.1) is 22.8 Å². The van der Waals surface area contributed by atoms with Crippen molar-refractivity contribution < 1.29 is 13.2 Å². The van der Waals surface area contributed by atoms with Crippen molar-refractivity contribution in [2.75, 3.05) is 11.4 Å². The summed E-state index contributed by atoms with van der Waals surface area (Å²) in [4.78, 5) is 16.6. The van der Waals surface area contributed by atoms with Gasteiger partial charge < -0.3 is 5.32 Å². The summed E-state index contributed by atoms with van der Waals surface area (Å²) < 4.78 is 27.0. The SMILES string of the molecule is CN(c1cccc(Cl)c1)S(=O)(=O)c1cccc(C(=O)NCc2ccccn2)c1. The van der Waals surface area contributed by atoms with Crippen molar-refractivity contribution in [1.29, 1.82) is 0 Å². The van der Waals surface area contributed by atoms with E-state index in [0.717, 1.165) is 4.31 Å². The van der Waals surface area contributed by atoms with E-state index in [1.54, 1.807) is 48.7 Å². The van der Waals surface area contributed by atoms with Gasteiger partial charge in [0, 0.05) is 23.8 Å². The van der Waals surface area contributed by atoms with Gasteiger partial charge in [-0.25, -0.2) is 8.42 Å². The molecule has 0 aliphatic rings. The fourth-order valence-electron chi connectivity index (χ4n) is 2.54. The smallest absolute Gasteiger partial charge is 0.264 e. The van der Waals surface area contributed by atoms with E-state index in [9.17, 15) is 13.2 Å². The van der Waals surface area contributed by atoms with Crippen molar-refractivity contribution in [2.24, 2.45) is 0 Å². The number of carbonyl (C=O) groups excluding carboxylic acids is 1. The molecule has 3 aromatic rings. The molecule has 0 aliphatic heterocycles. The highest BCUT2D eigenvalue weighted by molar-refractivity contribution is 7.92. The van der Waals surface area contributed by atoms with Gasteiger partial charge in [0.25, 0.3) is 15.9 Å². The van der Waals surface area contributed by atoms with Crippen LogP contribution in [0, 0.1) is 0 Å². The first kappa shape index (κ1) is 19.9. The minimum absolute atomic E-state index is 0.0143. The van der Waals surface area contributed by atoms with Crippen LogP contribution >= 0.6 is 11.6 Å². The van der Waals surface area contributed by atoms with Crippen LogP contribution in [0.4, 0.5) is 5.69 Å². The van der Waals surface area contributed by atoms with Crippen molar-refractivity contribution in [3.63, 3.8) is 0 Å². The molecule has 0 unspecified atom stereocenters. The number of rotatable bonds is 6. The van der Waals surface area contributed by atoms with Gasteiger partial charge in [0.2, 0.25) is 0 Å². The first-order chi connectivity index (χ1) is 13.4. The zero-order chi connectivity index (χ0) is 20.1. The average molecular weight is 416 g/mol. The average Bonchev–Trinajstić information content (AvgIpc) is 2.72. The van der Waals surface area contributed by atoms with E-state index in [-0.39, 0.29) is 22.9 Å². The molecular weight excluding hydrogens is 398 g/mol. The summed E-state index contributed by atoms with van der Waals surface area (Å²) in [5.74, 6) is -0.381. The Morgan fingerprint density at radius 1 is 1.07 bits per heavy atom. The number of hydrogen-bond acceptors (Lipinski definition) is 4. The summed E-state index contributed by atoms with van der Waals surface area (Å²) in [5, 5.41) is 3.17. The van der Waals surface area contributed by atoms with Gasteiger partial charge in [0.1, 0.15) is 0 Å². The predicted octanol–water partition coefficient (Wildman–Crippen LogP) is 3.49. The maximum Gasteiger partial charge on any atom is 0.264 e. The maximum atomic E-state index is 12.9. The van der Waals surface area contributed by atoms with Crippen molar-refractivity contribution >= 4 is 33.2 Å². The number of halogens is 1. The molecule has 8 heteroatoms. The Morgan fingerprint density at radius 2 is 1.86 bits per heavy atom. The maximum absolute atomic E-state index is 12.9. The Kier molecular flexibility index (Phi) is 5.96. The van der Waals surface area contributed by atoms with E-state index in [0.29, 0.717) is 16.4 Å². The molecule has 0 bridgehead atoms. The van der Waals surface area contributed by atoms with Gasteiger partial charge in [-0.05, 0) is 48.5 Å². The van der Waals surface area contributed by atoms with E-state index >= 15 is 0 Å². The number of amides is 1. The van der Waals surface area contributed by atoms with Gasteiger partial charge in [-0.1, -0.05) is 29.8 Å². The molecule has 0 radical (unpaired) electrons. The number of aromatic nitrogens is 1. The number of carbonyl (C=O) groups is 1. The molecule has 144 valence electrons. The molecule has 1 amide bonds. The first-order valence-electron chi connectivity index (χ1n) is 8.40. The molecule has 0 saturated carbocycles. The lowest BCUT2D eigenvalue weighted by Crippen LogP contribution is -2.27. The highest BCUT2D eigenvalue weighted by Crippen LogP contribution is 2.25.